The van der Waals surface area contributed by atoms with Gasteiger partial charge in [0.2, 0.25) is 5.91 Å². The van der Waals surface area contributed by atoms with Crippen molar-refractivity contribution in [2.45, 2.75) is 67.5 Å². The molecule has 0 aromatic heterocycles. The predicted octanol–water partition coefficient (Wildman–Crippen LogP) is 4.61. The molecule has 0 bridgehead atoms. The number of sulfonamides is 1. The van der Waals surface area contributed by atoms with Crippen molar-refractivity contribution in [1.29, 1.82) is 0 Å². The fourth-order valence-corrected chi connectivity index (χ4v) is 5.28. The van der Waals surface area contributed by atoms with Gasteiger partial charge in [-0.1, -0.05) is 37.5 Å². The number of amides is 1. The number of methoxy groups -OCH3 is 1. The largest absolute Gasteiger partial charge is 0.497 e. The van der Waals surface area contributed by atoms with Gasteiger partial charge >= 0.3 is 12.1 Å². The van der Waals surface area contributed by atoms with E-state index in [4.69, 9.17) is 14.6 Å². The lowest BCUT2D eigenvalue weighted by molar-refractivity contribution is -0.192. The van der Waals surface area contributed by atoms with Crippen LogP contribution in [0.1, 0.15) is 50.5 Å². The molecule has 37 heavy (non-hydrogen) atoms. The second kappa shape index (κ2) is 11.4. The number of benzene rings is 2. The maximum atomic E-state index is 12.9. The highest BCUT2D eigenvalue weighted by Crippen LogP contribution is 2.49. The average Bonchev–Trinajstić information content (AvgIpc) is 3.67. The Balaban J connectivity index is 0.000000479. The Morgan fingerprint density at radius 3 is 2.14 bits per heavy atom. The van der Waals surface area contributed by atoms with Gasteiger partial charge in [0.1, 0.15) is 5.75 Å². The number of rotatable bonds is 7. The predicted molar refractivity (Wildman–Crippen MR) is 130 cm³/mol. The van der Waals surface area contributed by atoms with Gasteiger partial charge in [0, 0.05) is 17.8 Å². The summed E-state index contributed by atoms with van der Waals surface area (Å²) in [5, 5.41) is 10.4. The Morgan fingerprint density at radius 2 is 1.62 bits per heavy atom. The smallest absolute Gasteiger partial charge is 0.490 e. The number of ether oxygens (including phenoxy) is 1. The monoisotopic (exact) mass is 542 g/mol. The molecule has 2 fully saturated rings. The lowest BCUT2D eigenvalue weighted by Gasteiger charge is -2.25. The molecule has 0 radical (unpaired) electrons. The van der Waals surface area contributed by atoms with Gasteiger partial charge in [-0.3, -0.25) is 9.52 Å². The molecule has 0 unspecified atom stereocenters. The van der Waals surface area contributed by atoms with Gasteiger partial charge in [-0.25, -0.2) is 13.2 Å². The maximum absolute atomic E-state index is 12.9. The summed E-state index contributed by atoms with van der Waals surface area (Å²) in [5.41, 5.74) is 0.951. The van der Waals surface area contributed by atoms with Crippen molar-refractivity contribution in [3.05, 3.63) is 54.1 Å². The molecule has 4 rings (SSSR count). The Hall–Kier alpha value is -3.28. The first kappa shape index (κ1) is 28.3. The van der Waals surface area contributed by atoms with Gasteiger partial charge in [-0.05, 0) is 55.5 Å². The molecule has 2 aliphatic carbocycles. The van der Waals surface area contributed by atoms with Crippen molar-refractivity contribution < 1.29 is 41.0 Å². The van der Waals surface area contributed by atoms with Gasteiger partial charge in [0.05, 0.1) is 17.4 Å². The lowest BCUT2D eigenvalue weighted by atomic mass is 9.91. The summed E-state index contributed by atoms with van der Waals surface area (Å²) in [7, 11) is -2.23. The highest BCUT2D eigenvalue weighted by Gasteiger charge is 2.51. The van der Waals surface area contributed by atoms with Crippen LogP contribution < -0.4 is 14.8 Å². The number of carboxylic acid groups (broad SMARTS) is 1. The zero-order chi connectivity index (χ0) is 27.3. The maximum Gasteiger partial charge on any atom is 0.490 e. The minimum atomic E-state index is -5.08. The van der Waals surface area contributed by atoms with Crippen LogP contribution in [0.5, 0.6) is 5.75 Å². The number of hydrogen-bond acceptors (Lipinski definition) is 5. The average molecular weight is 543 g/mol. The normalized spacial score (nSPS) is 17.1. The first-order valence-electron chi connectivity index (χ1n) is 11.8. The van der Waals surface area contributed by atoms with E-state index >= 15 is 0 Å². The fourth-order valence-electron chi connectivity index (χ4n) is 4.18. The molecule has 2 aliphatic rings. The number of carbonyl (C=O) groups is 2. The summed E-state index contributed by atoms with van der Waals surface area (Å²) in [6.07, 6.45) is 2.32. The summed E-state index contributed by atoms with van der Waals surface area (Å²) in [4.78, 5) is 22.0. The molecule has 0 heterocycles. The van der Waals surface area contributed by atoms with Crippen LogP contribution in [0, 0.1) is 0 Å². The van der Waals surface area contributed by atoms with Gasteiger partial charge < -0.3 is 15.2 Å². The molecule has 3 N–H and O–H groups in total. The van der Waals surface area contributed by atoms with E-state index in [0.717, 1.165) is 31.2 Å². The van der Waals surface area contributed by atoms with Crippen molar-refractivity contribution in [3.8, 4) is 5.75 Å². The van der Waals surface area contributed by atoms with Crippen molar-refractivity contribution in [3.63, 3.8) is 0 Å². The second-order valence-corrected chi connectivity index (χ2v) is 10.7. The van der Waals surface area contributed by atoms with E-state index in [2.05, 4.69) is 10.0 Å². The Kier molecular flexibility index (Phi) is 8.72. The minimum absolute atomic E-state index is 0.110. The third-order valence-corrected chi connectivity index (χ3v) is 7.79. The third kappa shape index (κ3) is 7.37. The van der Waals surface area contributed by atoms with Crippen LogP contribution in [0.4, 0.5) is 18.9 Å². The Labute approximate surface area is 213 Å². The quantitative estimate of drug-likeness (QED) is 0.470. The molecule has 0 spiro atoms. The SMILES string of the molecule is COc1cccc(S(=O)(=O)Nc2ccc(C3(C(=O)NC4CCCCC4)CC3)cc2)c1.O=C(O)C(F)(F)F. The molecule has 8 nitrogen and oxygen atoms in total. The van der Waals surface area contributed by atoms with E-state index in [-0.39, 0.29) is 16.8 Å². The zero-order valence-corrected chi connectivity index (χ0v) is 21.0. The van der Waals surface area contributed by atoms with Crippen LogP contribution >= 0.6 is 0 Å². The third-order valence-electron chi connectivity index (χ3n) is 6.41. The molecule has 202 valence electrons. The van der Waals surface area contributed by atoms with Crippen molar-refractivity contribution in [2.75, 3.05) is 11.8 Å². The number of anilines is 1. The van der Waals surface area contributed by atoms with E-state index in [9.17, 15) is 26.4 Å². The topological polar surface area (TPSA) is 122 Å². The number of carboxylic acids is 1. The summed E-state index contributed by atoms with van der Waals surface area (Å²) < 4.78 is 64.8. The van der Waals surface area contributed by atoms with E-state index in [1.54, 1.807) is 24.3 Å². The van der Waals surface area contributed by atoms with E-state index in [0.29, 0.717) is 11.4 Å². The van der Waals surface area contributed by atoms with Crippen LogP contribution in [0.2, 0.25) is 0 Å². The standard InChI is InChI=1S/C23H28N2O4S.C2HF3O2/c1-29-20-8-5-9-21(16-20)30(27,28)25-19-12-10-17(11-13-19)23(14-15-23)22(26)24-18-6-3-2-4-7-18;3-2(4,5)1(6)7/h5,8-13,16,18,25H,2-4,6-7,14-15H2,1H3,(H,24,26);(H,6,7). The first-order valence-corrected chi connectivity index (χ1v) is 13.2. The van der Waals surface area contributed by atoms with Crippen LogP contribution in [0.15, 0.2) is 53.4 Å². The Bertz CT molecular complexity index is 1210. The van der Waals surface area contributed by atoms with Crippen LogP contribution in [0.3, 0.4) is 0 Å². The number of hydrogen-bond donors (Lipinski definition) is 3. The second-order valence-electron chi connectivity index (χ2n) is 9.06. The molecular weight excluding hydrogens is 513 g/mol. The number of alkyl halides is 3. The number of nitrogens with one attached hydrogen (secondary N) is 2. The summed E-state index contributed by atoms with van der Waals surface area (Å²) in [6, 6.07) is 13.8. The molecule has 2 aromatic rings. The summed E-state index contributed by atoms with van der Waals surface area (Å²) in [6.45, 7) is 0. The fraction of sp³-hybridized carbons (Fsp3) is 0.440. The molecule has 12 heteroatoms. The highest BCUT2D eigenvalue weighted by atomic mass is 32.2. The van der Waals surface area contributed by atoms with Crippen LogP contribution in [-0.4, -0.2) is 44.7 Å². The van der Waals surface area contributed by atoms with E-state index in [1.165, 1.54) is 38.5 Å². The Morgan fingerprint density at radius 1 is 1.03 bits per heavy atom. The molecule has 0 saturated heterocycles. The molecular formula is C25H29F3N2O6S. The molecule has 2 aromatic carbocycles. The van der Waals surface area contributed by atoms with Crippen molar-refractivity contribution in [2.24, 2.45) is 0 Å². The van der Waals surface area contributed by atoms with Gasteiger partial charge in [0.15, 0.2) is 0 Å². The van der Waals surface area contributed by atoms with Gasteiger partial charge in [-0.2, -0.15) is 13.2 Å². The van der Waals surface area contributed by atoms with Crippen LogP contribution in [0.25, 0.3) is 0 Å². The molecule has 0 atom stereocenters. The van der Waals surface area contributed by atoms with E-state index in [1.807, 2.05) is 12.1 Å². The summed E-state index contributed by atoms with van der Waals surface area (Å²) in [5.74, 6) is -2.17. The van der Waals surface area contributed by atoms with E-state index < -0.39 is 27.6 Å². The number of aliphatic carboxylic acids is 1. The zero-order valence-electron chi connectivity index (χ0n) is 20.2. The van der Waals surface area contributed by atoms with Crippen LogP contribution in [-0.2, 0) is 25.0 Å². The summed E-state index contributed by atoms with van der Waals surface area (Å²) >= 11 is 0. The molecule has 2 saturated carbocycles. The van der Waals surface area contributed by atoms with Crippen molar-refractivity contribution >= 4 is 27.6 Å². The highest BCUT2D eigenvalue weighted by molar-refractivity contribution is 7.92. The minimum Gasteiger partial charge on any atom is -0.497 e. The van der Waals surface area contributed by atoms with Gasteiger partial charge in [-0.15, -0.1) is 0 Å². The lowest BCUT2D eigenvalue weighted by Crippen LogP contribution is -2.42. The number of carbonyl (C=O) groups excluding carboxylic acids is 1. The number of halogens is 3. The first-order chi connectivity index (χ1) is 17.4. The molecule has 0 aliphatic heterocycles. The molecule has 1 amide bonds. The van der Waals surface area contributed by atoms with Gasteiger partial charge in [0.25, 0.3) is 10.0 Å². The van der Waals surface area contributed by atoms with Crippen molar-refractivity contribution in [1.82, 2.24) is 5.32 Å².